The number of hydrogen-bond acceptors (Lipinski definition) is 8. The number of aryl methyl sites for hydroxylation is 2. The minimum Gasteiger partial charge on any atom is -0.385 e. The number of ether oxygens (including phenoxy) is 2. The van der Waals surface area contributed by atoms with E-state index in [1.165, 1.54) is 5.56 Å². The van der Waals surface area contributed by atoms with Crippen molar-refractivity contribution in [2.24, 2.45) is 5.92 Å². The van der Waals surface area contributed by atoms with E-state index in [0.717, 1.165) is 30.4 Å². The minimum absolute atomic E-state index is 0.0984. The summed E-state index contributed by atoms with van der Waals surface area (Å²) in [4.78, 5) is 47.2. The number of H-pyrrole nitrogens is 1. The second-order valence-corrected chi connectivity index (χ2v) is 18.5. The molecule has 4 aliphatic rings. The monoisotopic (exact) mass is 896 g/mol. The molecule has 1 N–H and O–H groups in total. The third kappa shape index (κ3) is 6.50. The Hall–Kier alpha value is -6.65. The maximum absolute atomic E-state index is 16.9. The lowest BCUT2D eigenvalue weighted by Gasteiger charge is -2.34. The number of amides is 1. The van der Waals surface area contributed by atoms with Crippen LogP contribution in [-0.2, 0) is 21.4 Å². The fraction of sp³-hybridized carbons (Fsp3) is 0.380. The van der Waals surface area contributed by atoms with Crippen LogP contribution < -0.4 is 11.4 Å². The predicted molar refractivity (Wildman–Crippen MR) is 242 cm³/mol. The van der Waals surface area contributed by atoms with E-state index < -0.39 is 23.2 Å². The van der Waals surface area contributed by atoms with Gasteiger partial charge in [0.1, 0.15) is 28.7 Å². The molecule has 0 radical (unpaired) electrons. The van der Waals surface area contributed by atoms with E-state index in [1.807, 2.05) is 32.0 Å². The van der Waals surface area contributed by atoms with Crippen molar-refractivity contribution in [1.82, 2.24) is 38.5 Å². The fourth-order valence-corrected chi connectivity index (χ4v) is 11.0. The number of fused-ring (bicyclic) bond motifs is 3. The molecule has 1 saturated heterocycles. The van der Waals surface area contributed by atoms with Gasteiger partial charge >= 0.3 is 11.4 Å². The molecule has 2 aliphatic carbocycles. The number of aromatic nitrogens is 7. The number of allylic oxidation sites excluding steroid dienone is 1. The number of halogens is 2. The molecule has 2 aliphatic heterocycles. The summed E-state index contributed by atoms with van der Waals surface area (Å²) in [6.07, 6.45) is 10.8. The van der Waals surface area contributed by atoms with E-state index in [4.69, 9.17) is 19.1 Å². The summed E-state index contributed by atoms with van der Waals surface area (Å²) in [6.45, 7) is 9.33. The van der Waals surface area contributed by atoms with Gasteiger partial charge in [0.2, 0.25) is 0 Å². The number of benzene rings is 3. The SMILES string of the molecule is COCCC1C=Cc2cc(-n3ccn(-c4c5c(nn4-c4cc(C)c(F)c(C)c4)CCN(C(=O)c4cc6cc(C7CCOCC7)cc(F)c6n4[C@@]4(c6noc(=O)[nH]6)C[C@@H]4C)[C@H]5C)c3=O)ccc21. The summed E-state index contributed by atoms with van der Waals surface area (Å²) >= 11 is 0. The van der Waals surface area contributed by atoms with E-state index in [1.54, 1.807) is 80.9 Å². The molecule has 340 valence electrons. The van der Waals surface area contributed by atoms with Gasteiger partial charge in [-0.25, -0.2) is 23.1 Å². The Morgan fingerprint density at radius 1 is 0.985 bits per heavy atom. The molecule has 2 fully saturated rings. The lowest BCUT2D eigenvalue weighted by atomic mass is 9.91. The van der Waals surface area contributed by atoms with Crippen LogP contribution in [0.25, 0.3) is 34.2 Å². The zero-order valence-corrected chi connectivity index (χ0v) is 37.4. The van der Waals surface area contributed by atoms with Crippen LogP contribution in [0.3, 0.4) is 0 Å². The van der Waals surface area contributed by atoms with Crippen molar-refractivity contribution in [3.05, 3.63) is 150 Å². The second-order valence-electron chi connectivity index (χ2n) is 18.5. The lowest BCUT2D eigenvalue weighted by Crippen LogP contribution is -2.41. The Labute approximate surface area is 378 Å². The molecule has 11 rings (SSSR count). The molecule has 4 atom stereocenters. The first kappa shape index (κ1) is 42.0. The smallest absolute Gasteiger partial charge is 0.385 e. The van der Waals surface area contributed by atoms with Gasteiger partial charge in [0.15, 0.2) is 5.82 Å². The first-order valence-electron chi connectivity index (χ1n) is 22.7. The Balaban J connectivity index is 1.04. The van der Waals surface area contributed by atoms with Gasteiger partial charge in [-0.3, -0.25) is 23.4 Å². The zero-order valence-electron chi connectivity index (χ0n) is 37.4. The van der Waals surface area contributed by atoms with Crippen molar-refractivity contribution in [1.29, 1.82) is 0 Å². The maximum Gasteiger partial charge on any atom is 0.438 e. The molecular formula is C50H50F2N8O6. The fourth-order valence-electron chi connectivity index (χ4n) is 11.0. The molecule has 6 heterocycles. The van der Waals surface area contributed by atoms with Gasteiger partial charge in [0.05, 0.1) is 28.6 Å². The highest BCUT2D eigenvalue weighted by molar-refractivity contribution is 6.00. The molecule has 1 saturated carbocycles. The number of nitrogens with zero attached hydrogens (tertiary/aromatic N) is 7. The van der Waals surface area contributed by atoms with Crippen molar-refractivity contribution in [3.8, 4) is 17.2 Å². The van der Waals surface area contributed by atoms with Gasteiger partial charge in [0, 0.05) is 69.2 Å². The number of carbonyl (C=O) groups excluding carboxylic acids is 1. The van der Waals surface area contributed by atoms with Gasteiger partial charge < -0.3 is 18.9 Å². The molecular weight excluding hydrogens is 847 g/mol. The van der Waals surface area contributed by atoms with E-state index in [-0.39, 0.29) is 58.7 Å². The lowest BCUT2D eigenvalue weighted by molar-refractivity contribution is 0.0663. The molecule has 14 nitrogen and oxygen atoms in total. The number of rotatable bonds is 10. The van der Waals surface area contributed by atoms with Crippen molar-refractivity contribution < 1.29 is 27.6 Å². The van der Waals surface area contributed by atoms with Crippen molar-refractivity contribution >= 4 is 22.9 Å². The van der Waals surface area contributed by atoms with Crippen LogP contribution in [0, 0.1) is 31.4 Å². The molecule has 0 spiro atoms. The number of hydrogen-bond donors (Lipinski definition) is 1. The summed E-state index contributed by atoms with van der Waals surface area (Å²) in [5, 5.41) is 9.76. The number of carbonyl (C=O) groups is 1. The van der Waals surface area contributed by atoms with Crippen LogP contribution in [0.2, 0.25) is 0 Å². The maximum atomic E-state index is 16.9. The van der Waals surface area contributed by atoms with E-state index >= 15 is 13.6 Å². The summed E-state index contributed by atoms with van der Waals surface area (Å²) in [5.41, 5.74) is 5.53. The largest absolute Gasteiger partial charge is 0.438 e. The third-order valence-corrected chi connectivity index (χ3v) is 14.6. The van der Waals surface area contributed by atoms with Gasteiger partial charge in [-0.15, -0.1) is 0 Å². The van der Waals surface area contributed by atoms with Crippen LogP contribution in [-0.4, -0.2) is 77.9 Å². The summed E-state index contributed by atoms with van der Waals surface area (Å²) in [5.74, 6) is -1.09. The van der Waals surface area contributed by atoms with Gasteiger partial charge in [-0.1, -0.05) is 30.3 Å². The Morgan fingerprint density at radius 3 is 2.45 bits per heavy atom. The first-order valence-corrected chi connectivity index (χ1v) is 22.7. The van der Waals surface area contributed by atoms with Gasteiger partial charge in [-0.2, -0.15) is 5.10 Å². The molecule has 1 amide bonds. The summed E-state index contributed by atoms with van der Waals surface area (Å²) in [6, 6.07) is 14.0. The highest BCUT2D eigenvalue weighted by Gasteiger charge is 2.59. The molecule has 66 heavy (non-hydrogen) atoms. The third-order valence-electron chi connectivity index (χ3n) is 14.6. The van der Waals surface area contributed by atoms with E-state index in [9.17, 15) is 9.59 Å². The Morgan fingerprint density at radius 2 is 1.74 bits per heavy atom. The summed E-state index contributed by atoms with van der Waals surface area (Å²) in [7, 11) is 1.69. The van der Waals surface area contributed by atoms with Crippen molar-refractivity contribution in [2.75, 3.05) is 33.5 Å². The van der Waals surface area contributed by atoms with E-state index in [0.29, 0.717) is 77.6 Å². The number of nitrogens with one attached hydrogen (secondary N) is 1. The second kappa shape index (κ2) is 15.8. The average Bonchev–Trinajstić information content (AvgIpc) is 3.96. The van der Waals surface area contributed by atoms with Crippen molar-refractivity contribution in [2.45, 2.75) is 83.2 Å². The van der Waals surface area contributed by atoms with Crippen LogP contribution in [0.15, 0.2) is 81.1 Å². The van der Waals surface area contributed by atoms with Crippen LogP contribution in [0.4, 0.5) is 8.78 Å². The zero-order chi connectivity index (χ0) is 45.8. The molecule has 1 unspecified atom stereocenters. The molecule has 7 aromatic rings. The Kier molecular flexibility index (Phi) is 10.0. The highest BCUT2D eigenvalue weighted by atomic mass is 19.1. The quantitative estimate of drug-likeness (QED) is 0.146. The topological polar surface area (TPSA) is 147 Å². The molecule has 16 heteroatoms. The van der Waals surface area contributed by atoms with Crippen LogP contribution >= 0.6 is 0 Å². The number of aromatic amines is 1. The minimum atomic E-state index is -1.06. The normalized spacial score (nSPS) is 21.5. The average molecular weight is 897 g/mol. The van der Waals surface area contributed by atoms with Crippen molar-refractivity contribution in [3.63, 3.8) is 0 Å². The number of methoxy groups -OCH3 is 1. The number of imidazole rings is 1. The van der Waals surface area contributed by atoms with E-state index in [2.05, 4.69) is 28.4 Å². The highest BCUT2D eigenvalue weighted by Crippen LogP contribution is 2.56. The summed E-state index contributed by atoms with van der Waals surface area (Å²) < 4.78 is 54.5. The standard InChI is InChI=1S/C50H50F2N8O6/c1-27-20-37(21-28(2)43(27)52)60-45(58-16-15-57(49(58)63)36-8-9-38-32(11-17-64-5)6-7-33(38)23-36)42-30(4)56(14-10-40(42)54-60)46(61)41-25-35-22-34(31-12-18-65-19-13-31)24-39(51)44(35)59(41)50(26-29(50)3)47-53-48(62)66-55-47/h6-9,15-16,20-25,29-32H,10-14,17-19,26H2,1-5H3,(H,53,55,62)/t29-,30-,32?,50-/m0/s1. The first-order chi connectivity index (χ1) is 31.9. The Bertz CT molecular complexity index is 3230. The van der Waals surface area contributed by atoms with Crippen LogP contribution in [0.5, 0.6) is 0 Å². The molecule has 4 aromatic heterocycles. The predicted octanol–water partition coefficient (Wildman–Crippen LogP) is 7.92. The molecule has 3 aromatic carbocycles. The van der Waals surface area contributed by atoms with Crippen LogP contribution in [0.1, 0.15) is 113 Å². The van der Waals surface area contributed by atoms with Gasteiger partial charge in [0.25, 0.3) is 5.91 Å². The van der Waals surface area contributed by atoms with Gasteiger partial charge in [-0.05, 0) is 129 Å². The molecule has 0 bridgehead atoms.